The molecule has 0 saturated carbocycles. The Morgan fingerprint density at radius 3 is 2.67 bits per heavy atom. The van der Waals surface area contributed by atoms with Gasteiger partial charge < -0.3 is 4.90 Å². The molecule has 0 N–H and O–H groups in total. The van der Waals surface area contributed by atoms with E-state index >= 15 is 0 Å². The number of halogens is 2. The van der Waals surface area contributed by atoms with Crippen LogP contribution in [-0.4, -0.2) is 6.54 Å². The van der Waals surface area contributed by atoms with Gasteiger partial charge in [-0.15, -0.1) is 22.9 Å². The van der Waals surface area contributed by atoms with Crippen molar-refractivity contribution < 1.29 is 0 Å². The van der Waals surface area contributed by atoms with E-state index in [1.165, 1.54) is 4.88 Å². The van der Waals surface area contributed by atoms with Crippen molar-refractivity contribution in [1.82, 2.24) is 0 Å². The fraction of sp³-hybridized carbons (Fsp3) is 0.286. The van der Waals surface area contributed by atoms with Crippen molar-refractivity contribution in [3.05, 3.63) is 51.2 Å². The molecule has 0 amide bonds. The average molecular weight is 300 g/mol. The molecule has 0 atom stereocenters. The third kappa shape index (κ3) is 3.19. The lowest BCUT2D eigenvalue weighted by atomic mass is 10.2. The van der Waals surface area contributed by atoms with E-state index in [2.05, 4.69) is 35.4 Å². The van der Waals surface area contributed by atoms with E-state index in [0.717, 1.165) is 29.4 Å². The Bertz CT molecular complexity index is 497. The Hall–Kier alpha value is -0.700. The standard InChI is InChI=1S/C14H15Cl2NS/c1-2-17(10-13-4-3-7-18-13)12-6-5-11(9-15)14(16)8-12/h3-8H,2,9-10H2,1H3. The van der Waals surface area contributed by atoms with Crippen LogP contribution in [0.2, 0.25) is 5.02 Å². The molecule has 1 aromatic carbocycles. The number of thiophene rings is 1. The van der Waals surface area contributed by atoms with Crippen LogP contribution < -0.4 is 4.90 Å². The maximum absolute atomic E-state index is 6.20. The van der Waals surface area contributed by atoms with E-state index in [1.807, 2.05) is 12.1 Å². The van der Waals surface area contributed by atoms with Crippen LogP contribution in [0.5, 0.6) is 0 Å². The summed E-state index contributed by atoms with van der Waals surface area (Å²) in [5, 5.41) is 2.85. The Labute approximate surface area is 122 Å². The predicted molar refractivity (Wildman–Crippen MR) is 82.1 cm³/mol. The van der Waals surface area contributed by atoms with Crippen LogP contribution >= 0.6 is 34.5 Å². The van der Waals surface area contributed by atoms with Crippen molar-refractivity contribution >= 4 is 40.2 Å². The normalized spacial score (nSPS) is 10.6. The number of hydrogen-bond acceptors (Lipinski definition) is 2. The lowest BCUT2D eigenvalue weighted by molar-refractivity contribution is 0.842. The van der Waals surface area contributed by atoms with E-state index in [0.29, 0.717) is 5.88 Å². The summed E-state index contributed by atoms with van der Waals surface area (Å²) in [6.45, 7) is 4.02. The van der Waals surface area contributed by atoms with Crippen molar-refractivity contribution in [3.63, 3.8) is 0 Å². The first kappa shape index (κ1) is 13.7. The molecule has 0 saturated heterocycles. The monoisotopic (exact) mass is 299 g/mol. The second-order valence-corrected chi connectivity index (χ2v) is 5.71. The first-order valence-corrected chi connectivity index (χ1v) is 7.65. The third-order valence-corrected chi connectivity index (χ3v) is 4.36. The van der Waals surface area contributed by atoms with Gasteiger partial charge in [-0.1, -0.05) is 23.7 Å². The smallest absolute Gasteiger partial charge is 0.0522 e. The van der Waals surface area contributed by atoms with Gasteiger partial charge >= 0.3 is 0 Å². The van der Waals surface area contributed by atoms with E-state index in [9.17, 15) is 0 Å². The zero-order valence-corrected chi connectivity index (χ0v) is 12.5. The molecule has 0 spiro atoms. The van der Waals surface area contributed by atoms with Gasteiger partial charge in [-0.25, -0.2) is 0 Å². The highest BCUT2D eigenvalue weighted by Gasteiger charge is 2.08. The van der Waals surface area contributed by atoms with Crippen LogP contribution in [0.3, 0.4) is 0 Å². The molecule has 0 aliphatic heterocycles. The van der Waals surface area contributed by atoms with Gasteiger partial charge in [0.2, 0.25) is 0 Å². The van der Waals surface area contributed by atoms with Crippen LogP contribution in [0, 0.1) is 0 Å². The summed E-state index contributed by atoms with van der Waals surface area (Å²) in [6.07, 6.45) is 0. The molecule has 2 rings (SSSR count). The zero-order chi connectivity index (χ0) is 13.0. The number of hydrogen-bond donors (Lipinski definition) is 0. The molecular weight excluding hydrogens is 285 g/mol. The second kappa shape index (κ2) is 6.46. The first-order valence-electron chi connectivity index (χ1n) is 5.86. The zero-order valence-electron chi connectivity index (χ0n) is 10.2. The average Bonchev–Trinajstić information content (AvgIpc) is 2.88. The minimum atomic E-state index is 0.455. The second-order valence-electron chi connectivity index (χ2n) is 4.00. The van der Waals surface area contributed by atoms with Gasteiger partial charge in [0.15, 0.2) is 0 Å². The Kier molecular flexibility index (Phi) is 4.93. The van der Waals surface area contributed by atoms with E-state index in [1.54, 1.807) is 11.3 Å². The maximum atomic E-state index is 6.20. The molecule has 1 heterocycles. The van der Waals surface area contributed by atoms with Crippen molar-refractivity contribution in [1.29, 1.82) is 0 Å². The van der Waals surface area contributed by atoms with Crippen molar-refractivity contribution in [2.24, 2.45) is 0 Å². The largest absolute Gasteiger partial charge is 0.367 e. The molecule has 0 fully saturated rings. The highest BCUT2D eigenvalue weighted by atomic mass is 35.5. The third-order valence-electron chi connectivity index (χ3n) is 2.85. The molecule has 18 heavy (non-hydrogen) atoms. The number of benzene rings is 1. The molecule has 1 nitrogen and oxygen atoms in total. The molecule has 1 aromatic heterocycles. The molecule has 96 valence electrons. The van der Waals surface area contributed by atoms with Crippen molar-refractivity contribution in [3.8, 4) is 0 Å². The number of rotatable bonds is 5. The minimum Gasteiger partial charge on any atom is -0.367 e. The van der Waals surface area contributed by atoms with Crippen molar-refractivity contribution in [2.45, 2.75) is 19.3 Å². The van der Waals surface area contributed by atoms with Crippen molar-refractivity contribution in [2.75, 3.05) is 11.4 Å². The highest BCUT2D eigenvalue weighted by molar-refractivity contribution is 7.09. The summed E-state index contributed by atoms with van der Waals surface area (Å²) in [6, 6.07) is 10.3. The van der Waals surface area contributed by atoms with Crippen LogP contribution in [0.25, 0.3) is 0 Å². The van der Waals surface area contributed by atoms with Gasteiger partial charge in [0, 0.05) is 28.0 Å². The first-order chi connectivity index (χ1) is 8.74. The summed E-state index contributed by atoms with van der Waals surface area (Å²) in [7, 11) is 0. The maximum Gasteiger partial charge on any atom is 0.0522 e. The Balaban J connectivity index is 2.19. The molecule has 0 aliphatic rings. The fourth-order valence-corrected chi connectivity index (χ4v) is 3.08. The SMILES string of the molecule is CCN(Cc1cccs1)c1ccc(CCl)c(Cl)c1. The van der Waals surface area contributed by atoms with Gasteiger partial charge in [0.1, 0.15) is 0 Å². The Morgan fingerprint density at radius 2 is 2.11 bits per heavy atom. The predicted octanol–water partition coefficient (Wildman–Crippen LogP) is 5.17. The molecule has 0 radical (unpaired) electrons. The minimum absolute atomic E-state index is 0.455. The number of alkyl halides is 1. The molecule has 0 aliphatic carbocycles. The molecular formula is C14H15Cl2NS. The quantitative estimate of drug-likeness (QED) is 0.689. The van der Waals surface area contributed by atoms with E-state index in [-0.39, 0.29) is 0 Å². The Morgan fingerprint density at radius 1 is 1.28 bits per heavy atom. The van der Waals surface area contributed by atoms with E-state index in [4.69, 9.17) is 23.2 Å². The molecule has 4 heteroatoms. The summed E-state index contributed by atoms with van der Waals surface area (Å²) >= 11 is 13.8. The van der Waals surface area contributed by atoms with Gasteiger partial charge in [-0.2, -0.15) is 0 Å². The van der Waals surface area contributed by atoms with Gasteiger partial charge in [0.25, 0.3) is 0 Å². The summed E-state index contributed by atoms with van der Waals surface area (Å²) < 4.78 is 0. The fourth-order valence-electron chi connectivity index (χ4n) is 1.82. The molecule has 0 unspecified atom stereocenters. The molecule has 2 aromatic rings. The van der Waals surface area contributed by atoms with Gasteiger partial charge in [-0.05, 0) is 36.1 Å². The summed E-state index contributed by atoms with van der Waals surface area (Å²) in [4.78, 5) is 3.66. The number of nitrogens with zero attached hydrogens (tertiary/aromatic N) is 1. The van der Waals surface area contributed by atoms with Crippen LogP contribution in [-0.2, 0) is 12.4 Å². The lowest BCUT2D eigenvalue weighted by Crippen LogP contribution is -2.21. The summed E-state index contributed by atoms with van der Waals surface area (Å²) in [5.74, 6) is 0.455. The van der Waals surface area contributed by atoms with Gasteiger partial charge in [0.05, 0.1) is 6.54 Å². The molecule has 0 bridgehead atoms. The van der Waals surface area contributed by atoms with Crippen LogP contribution in [0.1, 0.15) is 17.4 Å². The van der Waals surface area contributed by atoms with Crippen LogP contribution in [0.4, 0.5) is 5.69 Å². The number of anilines is 1. The lowest BCUT2D eigenvalue weighted by Gasteiger charge is -2.23. The highest BCUT2D eigenvalue weighted by Crippen LogP contribution is 2.26. The van der Waals surface area contributed by atoms with E-state index < -0.39 is 0 Å². The van der Waals surface area contributed by atoms with Gasteiger partial charge in [-0.3, -0.25) is 0 Å². The summed E-state index contributed by atoms with van der Waals surface area (Å²) in [5.41, 5.74) is 2.12. The van der Waals surface area contributed by atoms with Crippen LogP contribution in [0.15, 0.2) is 35.7 Å². The topological polar surface area (TPSA) is 3.24 Å².